The van der Waals surface area contributed by atoms with E-state index in [2.05, 4.69) is 0 Å². The zero-order valence-electron chi connectivity index (χ0n) is 9.29. The Morgan fingerprint density at radius 3 is 2.47 bits per heavy atom. The van der Waals surface area contributed by atoms with Gasteiger partial charge < -0.3 is 10.5 Å². The molecule has 3 nitrogen and oxygen atoms in total. The molecule has 0 radical (unpaired) electrons. The zero-order valence-corrected chi connectivity index (χ0v) is 9.29. The fourth-order valence-corrected chi connectivity index (χ4v) is 4.28. The van der Waals surface area contributed by atoms with Crippen LogP contribution in [0.4, 0.5) is 0 Å². The Morgan fingerprint density at radius 2 is 2.07 bits per heavy atom. The molecule has 0 aromatic heterocycles. The largest absolute Gasteiger partial charge is 0.466 e. The summed E-state index contributed by atoms with van der Waals surface area (Å²) in [5, 5.41) is 0. The first-order chi connectivity index (χ1) is 7.16. The van der Waals surface area contributed by atoms with Crippen LogP contribution in [0.2, 0.25) is 0 Å². The Hall–Kier alpha value is -0.570. The van der Waals surface area contributed by atoms with Gasteiger partial charge in [0, 0.05) is 6.04 Å². The van der Waals surface area contributed by atoms with Crippen LogP contribution in [0.5, 0.6) is 0 Å². The van der Waals surface area contributed by atoms with E-state index >= 15 is 0 Å². The first kappa shape index (κ1) is 9.64. The molecule has 0 aliphatic heterocycles. The second-order valence-electron chi connectivity index (χ2n) is 5.52. The van der Waals surface area contributed by atoms with E-state index in [4.69, 9.17) is 10.5 Å². The van der Waals surface area contributed by atoms with Crippen molar-refractivity contribution in [3.05, 3.63) is 0 Å². The molecule has 1 atom stereocenters. The van der Waals surface area contributed by atoms with E-state index in [9.17, 15) is 4.79 Å². The topological polar surface area (TPSA) is 52.3 Å². The van der Waals surface area contributed by atoms with Gasteiger partial charge in [0.15, 0.2) is 0 Å². The van der Waals surface area contributed by atoms with Crippen molar-refractivity contribution in [2.75, 3.05) is 6.61 Å². The van der Waals surface area contributed by atoms with E-state index in [0.717, 1.165) is 12.8 Å². The van der Waals surface area contributed by atoms with E-state index in [1.165, 1.54) is 19.3 Å². The molecule has 0 aromatic rings. The summed E-state index contributed by atoms with van der Waals surface area (Å²) in [6.45, 7) is 2.39. The van der Waals surface area contributed by atoms with E-state index in [1.807, 2.05) is 6.92 Å². The zero-order chi connectivity index (χ0) is 10.7. The van der Waals surface area contributed by atoms with Crippen molar-refractivity contribution in [1.29, 1.82) is 0 Å². The van der Waals surface area contributed by atoms with Crippen molar-refractivity contribution in [3.63, 3.8) is 0 Å². The standard InChI is InChI=1S/C12H19NO2/c1-2-15-10(14)9-11(4-3-5-11)12(9)6-8(13)7-12/h8-9H,2-7,13H2,1H3. The first-order valence-electron chi connectivity index (χ1n) is 6.08. The van der Waals surface area contributed by atoms with Gasteiger partial charge in [-0.3, -0.25) is 4.79 Å². The fourth-order valence-electron chi connectivity index (χ4n) is 4.28. The molecule has 3 saturated carbocycles. The number of ether oxygens (including phenoxy) is 1. The van der Waals surface area contributed by atoms with Gasteiger partial charge in [-0.25, -0.2) is 0 Å². The predicted molar refractivity (Wildman–Crippen MR) is 56.0 cm³/mol. The van der Waals surface area contributed by atoms with Gasteiger partial charge in [-0.2, -0.15) is 0 Å². The number of esters is 1. The smallest absolute Gasteiger partial charge is 0.310 e. The van der Waals surface area contributed by atoms with Gasteiger partial charge in [0.05, 0.1) is 12.5 Å². The van der Waals surface area contributed by atoms with Gasteiger partial charge in [0.25, 0.3) is 0 Å². The first-order valence-corrected chi connectivity index (χ1v) is 6.08. The van der Waals surface area contributed by atoms with Crippen LogP contribution in [0.25, 0.3) is 0 Å². The lowest BCUT2D eigenvalue weighted by Gasteiger charge is -2.41. The second kappa shape index (κ2) is 2.76. The summed E-state index contributed by atoms with van der Waals surface area (Å²) < 4.78 is 5.18. The molecule has 1 unspecified atom stereocenters. The molecule has 15 heavy (non-hydrogen) atoms. The lowest BCUT2D eigenvalue weighted by atomic mass is 9.65. The molecular weight excluding hydrogens is 190 g/mol. The Bertz CT molecular complexity index is 303. The van der Waals surface area contributed by atoms with Gasteiger partial charge in [0.1, 0.15) is 0 Å². The number of carbonyl (C=O) groups excluding carboxylic acids is 1. The molecule has 3 fully saturated rings. The molecule has 0 aromatic carbocycles. The monoisotopic (exact) mass is 209 g/mol. The minimum Gasteiger partial charge on any atom is -0.466 e. The Morgan fingerprint density at radius 1 is 1.40 bits per heavy atom. The van der Waals surface area contributed by atoms with Crippen molar-refractivity contribution in [2.45, 2.75) is 45.1 Å². The SMILES string of the molecule is CCOC(=O)C1C2(CCC2)C12CC(N)C2. The minimum absolute atomic E-state index is 0.0455. The fraction of sp³-hybridized carbons (Fsp3) is 0.917. The van der Waals surface area contributed by atoms with Gasteiger partial charge in [0.2, 0.25) is 0 Å². The van der Waals surface area contributed by atoms with Gasteiger partial charge in [-0.05, 0) is 43.4 Å². The third-order valence-electron chi connectivity index (χ3n) is 5.03. The molecule has 0 bridgehead atoms. The van der Waals surface area contributed by atoms with Crippen molar-refractivity contribution in [1.82, 2.24) is 0 Å². The summed E-state index contributed by atoms with van der Waals surface area (Å²) in [7, 11) is 0. The molecule has 3 aliphatic carbocycles. The number of carbonyl (C=O) groups is 1. The molecule has 84 valence electrons. The number of hydrogen-bond donors (Lipinski definition) is 1. The highest BCUT2D eigenvalue weighted by Gasteiger charge is 2.83. The molecule has 3 rings (SSSR count). The summed E-state index contributed by atoms with van der Waals surface area (Å²) in [6, 6.07) is 0.335. The summed E-state index contributed by atoms with van der Waals surface area (Å²) in [5.41, 5.74) is 6.48. The highest BCUT2D eigenvalue weighted by molar-refractivity contribution is 5.80. The molecule has 3 aliphatic rings. The average molecular weight is 209 g/mol. The van der Waals surface area contributed by atoms with Crippen LogP contribution in [0.3, 0.4) is 0 Å². The maximum Gasteiger partial charge on any atom is 0.310 e. The van der Waals surface area contributed by atoms with Gasteiger partial charge >= 0.3 is 5.97 Å². The van der Waals surface area contributed by atoms with Crippen molar-refractivity contribution in [2.24, 2.45) is 22.5 Å². The molecule has 2 N–H and O–H groups in total. The lowest BCUT2D eigenvalue weighted by molar-refractivity contribution is -0.147. The lowest BCUT2D eigenvalue weighted by Crippen LogP contribution is -2.43. The van der Waals surface area contributed by atoms with Gasteiger partial charge in [-0.1, -0.05) is 6.42 Å². The predicted octanol–water partition coefficient (Wildman–Crippen LogP) is 1.46. The Kier molecular flexibility index (Phi) is 1.77. The van der Waals surface area contributed by atoms with Crippen molar-refractivity contribution in [3.8, 4) is 0 Å². The second-order valence-corrected chi connectivity index (χ2v) is 5.52. The third-order valence-corrected chi connectivity index (χ3v) is 5.03. The van der Waals surface area contributed by atoms with E-state index < -0.39 is 0 Å². The average Bonchev–Trinajstić information content (AvgIpc) is 2.68. The maximum atomic E-state index is 11.9. The highest BCUT2D eigenvalue weighted by atomic mass is 16.5. The van der Waals surface area contributed by atoms with Crippen molar-refractivity contribution >= 4 is 5.97 Å². The molecule has 0 heterocycles. The van der Waals surface area contributed by atoms with E-state index in [0.29, 0.717) is 18.1 Å². The van der Waals surface area contributed by atoms with Crippen LogP contribution in [0, 0.1) is 16.7 Å². The van der Waals surface area contributed by atoms with Crippen LogP contribution in [0.15, 0.2) is 0 Å². The highest BCUT2D eigenvalue weighted by Crippen LogP contribution is 2.84. The minimum atomic E-state index is 0.0455. The summed E-state index contributed by atoms with van der Waals surface area (Å²) in [5.74, 6) is 0.239. The number of hydrogen-bond acceptors (Lipinski definition) is 3. The summed E-state index contributed by atoms with van der Waals surface area (Å²) in [4.78, 5) is 11.9. The summed E-state index contributed by atoms with van der Waals surface area (Å²) in [6.07, 6.45) is 5.84. The quantitative estimate of drug-likeness (QED) is 0.700. The van der Waals surface area contributed by atoms with Crippen LogP contribution in [-0.4, -0.2) is 18.6 Å². The third kappa shape index (κ3) is 0.930. The van der Waals surface area contributed by atoms with E-state index in [-0.39, 0.29) is 17.3 Å². The number of nitrogens with two attached hydrogens (primary N) is 1. The van der Waals surface area contributed by atoms with Crippen LogP contribution in [0.1, 0.15) is 39.0 Å². The van der Waals surface area contributed by atoms with Crippen molar-refractivity contribution < 1.29 is 9.53 Å². The molecule has 0 saturated heterocycles. The van der Waals surface area contributed by atoms with Crippen LogP contribution < -0.4 is 5.73 Å². The Balaban J connectivity index is 1.76. The molecule has 3 heteroatoms. The maximum absolute atomic E-state index is 11.9. The molecule has 0 amide bonds. The van der Waals surface area contributed by atoms with Gasteiger partial charge in [-0.15, -0.1) is 0 Å². The number of fused-ring (bicyclic) bond motifs is 1. The molecular formula is C12H19NO2. The van der Waals surface area contributed by atoms with Crippen LogP contribution in [-0.2, 0) is 9.53 Å². The normalized spacial score (nSPS) is 44.7. The number of rotatable bonds is 2. The van der Waals surface area contributed by atoms with Crippen LogP contribution >= 0.6 is 0 Å². The Labute approximate surface area is 90.4 Å². The summed E-state index contributed by atoms with van der Waals surface area (Å²) >= 11 is 0. The van der Waals surface area contributed by atoms with E-state index in [1.54, 1.807) is 0 Å². The molecule has 2 spiro atoms.